The Morgan fingerprint density at radius 2 is 1.88 bits per heavy atom. The quantitative estimate of drug-likeness (QED) is 0.725. The maximum Gasteiger partial charge on any atom is 0.328 e. The number of carbonyl (C=O) groups is 1. The third kappa shape index (κ3) is 4.10. The predicted octanol–water partition coefficient (Wildman–Crippen LogP) is 1.49. The largest absolute Gasteiger partial charge is 0.468 e. The van der Waals surface area contributed by atoms with Crippen LogP contribution in [-0.2, 0) is 14.3 Å². The lowest BCUT2D eigenvalue weighted by Gasteiger charge is -2.31. The van der Waals surface area contributed by atoms with Crippen LogP contribution in [0.2, 0.25) is 0 Å². The van der Waals surface area contributed by atoms with Crippen molar-refractivity contribution in [1.29, 1.82) is 0 Å². The van der Waals surface area contributed by atoms with Gasteiger partial charge in [0.1, 0.15) is 5.54 Å². The molecule has 1 aliphatic rings. The molecule has 0 aromatic heterocycles. The van der Waals surface area contributed by atoms with Gasteiger partial charge in [-0.3, -0.25) is 5.32 Å². The van der Waals surface area contributed by atoms with Gasteiger partial charge in [0, 0.05) is 6.04 Å². The van der Waals surface area contributed by atoms with Crippen LogP contribution in [0, 0.1) is 0 Å². The SMILES string of the molecule is COC(=O)C(C)(COC(C)(C)C)NC1CC1. The van der Waals surface area contributed by atoms with E-state index in [4.69, 9.17) is 9.47 Å². The van der Waals surface area contributed by atoms with Gasteiger partial charge < -0.3 is 9.47 Å². The number of esters is 1. The zero-order valence-electron chi connectivity index (χ0n) is 10.9. The van der Waals surface area contributed by atoms with Gasteiger partial charge in [0.25, 0.3) is 0 Å². The van der Waals surface area contributed by atoms with Crippen molar-refractivity contribution in [3.8, 4) is 0 Å². The van der Waals surface area contributed by atoms with Gasteiger partial charge in [-0.05, 0) is 40.5 Å². The molecule has 1 aliphatic carbocycles. The number of carbonyl (C=O) groups excluding carboxylic acids is 1. The molecule has 0 radical (unpaired) electrons. The molecule has 1 N–H and O–H groups in total. The molecule has 0 aromatic carbocycles. The summed E-state index contributed by atoms with van der Waals surface area (Å²) in [6, 6.07) is 0.438. The van der Waals surface area contributed by atoms with Gasteiger partial charge in [-0.1, -0.05) is 0 Å². The minimum Gasteiger partial charge on any atom is -0.468 e. The lowest BCUT2D eigenvalue weighted by atomic mass is 10.0. The van der Waals surface area contributed by atoms with Gasteiger partial charge in [0.05, 0.1) is 19.3 Å². The first kappa shape index (κ1) is 13.5. The summed E-state index contributed by atoms with van der Waals surface area (Å²) in [5.74, 6) is -0.261. The van der Waals surface area contributed by atoms with Crippen LogP contribution in [0.3, 0.4) is 0 Å². The van der Waals surface area contributed by atoms with E-state index in [2.05, 4.69) is 5.32 Å². The van der Waals surface area contributed by atoms with E-state index in [1.54, 1.807) is 0 Å². The normalized spacial score (nSPS) is 20.3. The second-order valence-corrected chi connectivity index (χ2v) is 5.64. The number of nitrogens with one attached hydrogen (secondary N) is 1. The Morgan fingerprint density at radius 1 is 1.31 bits per heavy atom. The van der Waals surface area contributed by atoms with Crippen LogP contribution in [0.5, 0.6) is 0 Å². The van der Waals surface area contributed by atoms with Crippen LogP contribution in [0.4, 0.5) is 0 Å². The minimum absolute atomic E-state index is 0.249. The Morgan fingerprint density at radius 3 is 2.25 bits per heavy atom. The number of ether oxygens (including phenoxy) is 2. The summed E-state index contributed by atoms with van der Waals surface area (Å²) in [6.07, 6.45) is 2.25. The third-order valence-corrected chi connectivity index (χ3v) is 2.53. The van der Waals surface area contributed by atoms with E-state index in [-0.39, 0.29) is 11.6 Å². The molecule has 0 spiro atoms. The number of hydrogen-bond donors (Lipinski definition) is 1. The number of hydrogen-bond acceptors (Lipinski definition) is 4. The molecule has 4 nitrogen and oxygen atoms in total. The van der Waals surface area contributed by atoms with Crippen molar-refractivity contribution in [2.45, 2.75) is 57.7 Å². The predicted molar refractivity (Wildman–Crippen MR) is 62.3 cm³/mol. The van der Waals surface area contributed by atoms with E-state index in [9.17, 15) is 4.79 Å². The molecule has 94 valence electrons. The molecule has 0 amide bonds. The van der Waals surface area contributed by atoms with Crippen LogP contribution in [0.1, 0.15) is 40.5 Å². The molecule has 0 aliphatic heterocycles. The van der Waals surface area contributed by atoms with Crippen molar-refractivity contribution in [1.82, 2.24) is 5.32 Å². The Hall–Kier alpha value is -0.610. The fourth-order valence-electron chi connectivity index (χ4n) is 1.42. The van der Waals surface area contributed by atoms with Crippen molar-refractivity contribution in [3.63, 3.8) is 0 Å². The Kier molecular flexibility index (Phi) is 3.97. The average molecular weight is 229 g/mol. The van der Waals surface area contributed by atoms with E-state index in [1.165, 1.54) is 7.11 Å². The van der Waals surface area contributed by atoms with Crippen molar-refractivity contribution in [2.24, 2.45) is 0 Å². The topological polar surface area (TPSA) is 47.6 Å². The zero-order chi connectivity index (χ0) is 12.4. The monoisotopic (exact) mass is 229 g/mol. The highest BCUT2D eigenvalue weighted by Crippen LogP contribution is 2.24. The molecule has 1 atom stereocenters. The molecule has 0 aromatic rings. The van der Waals surface area contributed by atoms with Crippen molar-refractivity contribution in [3.05, 3.63) is 0 Å². The van der Waals surface area contributed by atoms with Crippen molar-refractivity contribution in [2.75, 3.05) is 13.7 Å². The van der Waals surface area contributed by atoms with Gasteiger partial charge >= 0.3 is 5.97 Å². The molecule has 1 saturated carbocycles. The molecule has 4 heteroatoms. The maximum atomic E-state index is 11.7. The van der Waals surface area contributed by atoms with Crippen LogP contribution < -0.4 is 5.32 Å². The van der Waals surface area contributed by atoms with Crippen LogP contribution >= 0.6 is 0 Å². The van der Waals surface area contributed by atoms with Crippen molar-refractivity contribution >= 4 is 5.97 Å². The standard InChI is InChI=1S/C12H23NO3/c1-11(2,3)16-8-12(4,10(14)15-5)13-9-6-7-9/h9,13H,6-8H2,1-5H3. The highest BCUT2D eigenvalue weighted by molar-refractivity contribution is 5.80. The Bertz CT molecular complexity index is 255. The third-order valence-electron chi connectivity index (χ3n) is 2.53. The number of methoxy groups -OCH3 is 1. The highest BCUT2D eigenvalue weighted by atomic mass is 16.5. The second kappa shape index (κ2) is 4.72. The molecule has 1 unspecified atom stereocenters. The van der Waals surface area contributed by atoms with Crippen LogP contribution in [-0.4, -0.2) is 36.9 Å². The first-order valence-electron chi connectivity index (χ1n) is 5.77. The minimum atomic E-state index is -0.733. The van der Waals surface area contributed by atoms with E-state index in [0.29, 0.717) is 12.6 Å². The first-order valence-corrected chi connectivity index (χ1v) is 5.77. The Labute approximate surface area is 97.7 Å². The molecule has 1 fully saturated rings. The summed E-state index contributed by atoms with van der Waals surface area (Å²) in [5, 5.41) is 3.29. The summed E-state index contributed by atoms with van der Waals surface area (Å²) in [7, 11) is 1.41. The molecule has 16 heavy (non-hydrogen) atoms. The second-order valence-electron chi connectivity index (χ2n) is 5.64. The molecule has 0 heterocycles. The molecule has 0 bridgehead atoms. The smallest absolute Gasteiger partial charge is 0.328 e. The molecular formula is C12H23NO3. The van der Waals surface area contributed by atoms with Gasteiger partial charge in [0.2, 0.25) is 0 Å². The fourth-order valence-corrected chi connectivity index (χ4v) is 1.42. The highest BCUT2D eigenvalue weighted by Gasteiger charge is 2.40. The van der Waals surface area contributed by atoms with E-state index in [0.717, 1.165) is 12.8 Å². The summed E-state index contributed by atoms with van der Waals surface area (Å²) >= 11 is 0. The fraction of sp³-hybridized carbons (Fsp3) is 0.917. The van der Waals surface area contributed by atoms with E-state index in [1.807, 2.05) is 27.7 Å². The summed E-state index contributed by atoms with van der Waals surface area (Å²) in [5.41, 5.74) is -0.982. The van der Waals surface area contributed by atoms with E-state index >= 15 is 0 Å². The maximum absolute atomic E-state index is 11.7. The van der Waals surface area contributed by atoms with Gasteiger partial charge in [-0.2, -0.15) is 0 Å². The lowest BCUT2D eigenvalue weighted by molar-refractivity contribution is -0.153. The van der Waals surface area contributed by atoms with Gasteiger partial charge in [-0.15, -0.1) is 0 Å². The number of rotatable bonds is 5. The average Bonchev–Trinajstić information content (AvgIpc) is 2.96. The van der Waals surface area contributed by atoms with Gasteiger partial charge in [-0.25, -0.2) is 4.79 Å². The van der Waals surface area contributed by atoms with E-state index < -0.39 is 5.54 Å². The lowest BCUT2D eigenvalue weighted by Crippen LogP contribution is -2.55. The molecular weight excluding hydrogens is 206 g/mol. The van der Waals surface area contributed by atoms with Crippen LogP contribution in [0.25, 0.3) is 0 Å². The summed E-state index contributed by atoms with van der Waals surface area (Å²) < 4.78 is 10.5. The summed E-state index contributed by atoms with van der Waals surface area (Å²) in [6.45, 7) is 8.09. The first-order chi connectivity index (χ1) is 7.27. The Balaban J connectivity index is 2.58. The molecule has 0 saturated heterocycles. The van der Waals surface area contributed by atoms with Gasteiger partial charge in [0.15, 0.2) is 0 Å². The van der Waals surface area contributed by atoms with Crippen LogP contribution in [0.15, 0.2) is 0 Å². The zero-order valence-corrected chi connectivity index (χ0v) is 10.9. The summed E-state index contributed by atoms with van der Waals surface area (Å²) in [4.78, 5) is 11.7. The molecule has 1 rings (SSSR count). The van der Waals surface area contributed by atoms with Crippen molar-refractivity contribution < 1.29 is 14.3 Å².